The van der Waals surface area contributed by atoms with Gasteiger partial charge in [-0.25, -0.2) is 4.98 Å². The summed E-state index contributed by atoms with van der Waals surface area (Å²) in [5.74, 6) is 1.01. The summed E-state index contributed by atoms with van der Waals surface area (Å²) < 4.78 is 11.5. The molecule has 0 atom stereocenters. The lowest BCUT2D eigenvalue weighted by Gasteiger charge is -2.19. The van der Waals surface area contributed by atoms with Crippen LogP contribution in [0, 0.1) is 0 Å². The minimum Gasteiger partial charge on any atom is -0.497 e. The van der Waals surface area contributed by atoms with Crippen LogP contribution in [-0.4, -0.2) is 24.2 Å². The normalized spacial score (nSPS) is 11.9. The van der Waals surface area contributed by atoms with Crippen LogP contribution >= 0.6 is 11.3 Å². The second kappa shape index (κ2) is 8.35. The van der Waals surface area contributed by atoms with Gasteiger partial charge in [-0.3, -0.25) is 4.79 Å². The number of benzene rings is 2. The zero-order valence-corrected chi connectivity index (χ0v) is 18.6. The Morgan fingerprint density at radius 1 is 1.16 bits per heavy atom. The zero-order chi connectivity index (χ0) is 22.0. The first-order valence-electron chi connectivity index (χ1n) is 9.82. The van der Waals surface area contributed by atoms with Crippen molar-refractivity contribution in [2.75, 3.05) is 12.1 Å². The van der Waals surface area contributed by atoms with E-state index < -0.39 is 0 Å². The van der Waals surface area contributed by atoms with E-state index in [1.54, 1.807) is 25.5 Å². The summed E-state index contributed by atoms with van der Waals surface area (Å²) in [6.07, 6.45) is 3.07. The molecule has 2 aromatic carbocycles. The fourth-order valence-electron chi connectivity index (χ4n) is 3.01. The number of rotatable bonds is 5. The van der Waals surface area contributed by atoms with E-state index in [1.807, 2.05) is 42.5 Å². The van der Waals surface area contributed by atoms with Crippen molar-refractivity contribution in [2.24, 2.45) is 5.10 Å². The summed E-state index contributed by atoms with van der Waals surface area (Å²) in [7, 11) is 1.62. The molecule has 0 saturated heterocycles. The van der Waals surface area contributed by atoms with Crippen molar-refractivity contribution in [2.45, 2.75) is 26.2 Å². The average molecular weight is 434 g/mol. The van der Waals surface area contributed by atoms with Gasteiger partial charge in [-0.1, -0.05) is 44.2 Å². The van der Waals surface area contributed by atoms with Crippen molar-refractivity contribution in [1.82, 2.24) is 4.98 Å². The van der Waals surface area contributed by atoms with E-state index in [1.165, 1.54) is 22.6 Å². The van der Waals surface area contributed by atoms with Gasteiger partial charge in [0.1, 0.15) is 11.5 Å². The van der Waals surface area contributed by atoms with E-state index in [4.69, 9.17) is 9.15 Å². The van der Waals surface area contributed by atoms with Crippen molar-refractivity contribution in [1.29, 1.82) is 0 Å². The first-order valence-corrected chi connectivity index (χ1v) is 10.6. The number of aromatic nitrogens is 1. The number of hydrazone groups is 1. The van der Waals surface area contributed by atoms with E-state index in [2.05, 4.69) is 30.9 Å². The molecule has 4 rings (SSSR count). The summed E-state index contributed by atoms with van der Waals surface area (Å²) in [6.45, 7) is 6.41. The molecule has 0 aliphatic rings. The van der Waals surface area contributed by atoms with Crippen LogP contribution < -0.4 is 9.75 Å². The summed E-state index contributed by atoms with van der Waals surface area (Å²) in [5.41, 5.74) is 2.46. The van der Waals surface area contributed by atoms with Gasteiger partial charge in [-0.2, -0.15) is 10.1 Å². The number of furan rings is 1. The van der Waals surface area contributed by atoms with Crippen molar-refractivity contribution in [3.05, 3.63) is 77.7 Å². The second-order valence-corrected chi connectivity index (χ2v) is 9.04. The Bertz CT molecular complexity index is 1220. The molecule has 2 heterocycles. The Morgan fingerprint density at radius 3 is 2.58 bits per heavy atom. The maximum atomic E-state index is 13.4. The summed E-state index contributed by atoms with van der Waals surface area (Å²) >= 11 is 1.37. The van der Waals surface area contributed by atoms with Gasteiger partial charge >= 0.3 is 0 Å². The van der Waals surface area contributed by atoms with Gasteiger partial charge in [0.05, 0.1) is 29.8 Å². The molecule has 0 aliphatic carbocycles. The average Bonchev–Trinajstić information content (AvgIpc) is 3.42. The Balaban J connectivity index is 1.73. The van der Waals surface area contributed by atoms with Crippen LogP contribution in [0.4, 0.5) is 5.13 Å². The van der Waals surface area contributed by atoms with E-state index in [0.29, 0.717) is 16.5 Å². The molecule has 0 bridgehead atoms. The molecule has 4 aromatic rings. The van der Waals surface area contributed by atoms with Crippen molar-refractivity contribution < 1.29 is 13.9 Å². The first kappa shape index (κ1) is 20.8. The second-order valence-electron chi connectivity index (χ2n) is 8.03. The van der Waals surface area contributed by atoms with Crippen LogP contribution in [0.3, 0.4) is 0 Å². The molecule has 0 saturated carbocycles. The summed E-state index contributed by atoms with van der Waals surface area (Å²) in [5, 5.41) is 6.18. The number of anilines is 1. The fourth-order valence-corrected chi connectivity index (χ4v) is 3.96. The van der Waals surface area contributed by atoms with Crippen molar-refractivity contribution in [3.8, 4) is 5.75 Å². The predicted molar refractivity (Wildman–Crippen MR) is 124 cm³/mol. The van der Waals surface area contributed by atoms with Crippen LogP contribution in [0.25, 0.3) is 10.2 Å². The molecular weight excluding hydrogens is 410 g/mol. The Morgan fingerprint density at radius 2 is 1.94 bits per heavy atom. The van der Waals surface area contributed by atoms with Gasteiger partial charge in [0, 0.05) is 5.56 Å². The highest BCUT2D eigenvalue weighted by Crippen LogP contribution is 2.32. The van der Waals surface area contributed by atoms with Gasteiger partial charge in [0.15, 0.2) is 0 Å². The number of hydrogen-bond acceptors (Lipinski definition) is 6. The van der Waals surface area contributed by atoms with Crippen molar-refractivity contribution >= 4 is 38.8 Å². The quantitative estimate of drug-likeness (QED) is 0.291. The van der Waals surface area contributed by atoms with Gasteiger partial charge in [-0.15, -0.1) is 0 Å². The number of hydrogen-bond donors (Lipinski definition) is 0. The number of amides is 1. The Kier molecular flexibility index (Phi) is 5.61. The lowest BCUT2D eigenvalue weighted by Crippen LogP contribution is -2.25. The third-order valence-corrected chi connectivity index (χ3v) is 5.79. The van der Waals surface area contributed by atoms with E-state index in [0.717, 1.165) is 21.5 Å². The third kappa shape index (κ3) is 4.51. The highest BCUT2D eigenvalue weighted by Gasteiger charge is 2.22. The standard InChI is InChI=1S/C24H23N3O3S/c1-24(2,3)17-9-7-16(8-10-17)22(28)27(25-15-19-6-5-13-30-19)23-26-20-12-11-18(29-4)14-21(20)31-23/h5-15H,1-4H3/b25-15+. The SMILES string of the molecule is COc1ccc2nc(N(/N=C/c3ccco3)C(=O)c3ccc(C(C)(C)C)cc3)sc2c1. The van der Waals surface area contributed by atoms with Crippen LogP contribution in [0.2, 0.25) is 0 Å². The Hall–Kier alpha value is -3.45. The molecule has 7 heteroatoms. The number of fused-ring (bicyclic) bond motifs is 1. The molecule has 158 valence electrons. The Labute approximate surface area is 184 Å². The van der Waals surface area contributed by atoms with E-state index in [-0.39, 0.29) is 11.3 Å². The molecule has 0 aliphatic heterocycles. The largest absolute Gasteiger partial charge is 0.497 e. The van der Waals surface area contributed by atoms with Crippen LogP contribution in [0.15, 0.2) is 70.4 Å². The number of methoxy groups -OCH3 is 1. The lowest BCUT2D eigenvalue weighted by molar-refractivity contribution is 0.0988. The van der Waals surface area contributed by atoms with Crippen LogP contribution in [0.5, 0.6) is 5.75 Å². The number of ether oxygens (including phenoxy) is 1. The highest BCUT2D eigenvalue weighted by atomic mass is 32.1. The van der Waals surface area contributed by atoms with E-state index in [9.17, 15) is 4.79 Å². The number of carbonyl (C=O) groups excluding carboxylic acids is 1. The number of nitrogens with zero attached hydrogens (tertiary/aromatic N) is 3. The summed E-state index contributed by atoms with van der Waals surface area (Å²) in [4.78, 5) is 18.0. The molecular formula is C24H23N3O3S. The molecule has 0 spiro atoms. The molecule has 0 fully saturated rings. The van der Waals surface area contributed by atoms with Crippen LogP contribution in [0.1, 0.15) is 42.5 Å². The summed E-state index contributed by atoms with van der Waals surface area (Å²) in [6, 6.07) is 16.8. The van der Waals surface area contributed by atoms with Crippen LogP contribution in [-0.2, 0) is 5.41 Å². The maximum Gasteiger partial charge on any atom is 0.280 e. The minimum absolute atomic E-state index is 0.00475. The van der Waals surface area contributed by atoms with E-state index >= 15 is 0 Å². The highest BCUT2D eigenvalue weighted by molar-refractivity contribution is 7.22. The van der Waals surface area contributed by atoms with Gasteiger partial charge < -0.3 is 9.15 Å². The van der Waals surface area contributed by atoms with Gasteiger partial charge in [0.2, 0.25) is 5.13 Å². The topological polar surface area (TPSA) is 67.9 Å². The molecule has 6 nitrogen and oxygen atoms in total. The molecule has 0 radical (unpaired) electrons. The van der Waals surface area contributed by atoms with Crippen molar-refractivity contribution in [3.63, 3.8) is 0 Å². The minimum atomic E-state index is -0.269. The number of carbonyl (C=O) groups is 1. The molecule has 1 amide bonds. The zero-order valence-electron chi connectivity index (χ0n) is 17.8. The maximum absolute atomic E-state index is 13.4. The molecule has 2 aromatic heterocycles. The smallest absolute Gasteiger partial charge is 0.280 e. The third-order valence-electron chi connectivity index (χ3n) is 4.80. The number of thiazole rings is 1. The van der Waals surface area contributed by atoms with Gasteiger partial charge in [0.25, 0.3) is 5.91 Å². The fraction of sp³-hybridized carbons (Fsp3) is 0.208. The lowest BCUT2D eigenvalue weighted by atomic mass is 9.87. The monoisotopic (exact) mass is 433 g/mol. The molecule has 0 unspecified atom stereocenters. The van der Waals surface area contributed by atoms with Gasteiger partial charge in [-0.05, 0) is 53.4 Å². The predicted octanol–water partition coefficient (Wildman–Crippen LogP) is 5.88. The molecule has 0 N–H and O–H groups in total. The molecule has 31 heavy (non-hydrogen) atoms. The first-order chi connectivity index (χ1) is 14.8.